The number of aliphatic imine (C=N–C) groups is 1. The van der Waals surface area contributed by atoms with Crippen molar-refractivity contribution in [3.63, 3.8) is 0 Å². The van der Waals surface area contributed by atoms with Crippen molar-refractivity contribution in [1.82, 2.24) is 4.90 Å². The Morgan fingerprint density at radius 3 is 2.45 bits per heavy atom. The van der Waals surface area contributed by atoms with Gasteiger partial charge >= 0.3 is 0 Å². The quantitative estimate of drug-likeness (QED) is 0.628. The number of amidine groups is 1. The van der Waals surface area contributed by atoms with E-state index < -0.39 is 0 Å². The van der Waals surface area contributed by atoms with E-state index in [1.54, 1.807) is 38.4 Å². The average molecular weight is 448 g/mol. The van der Waals surface area contributed by atoms with Gasteiger partial charge in [0.05, 0.1) is 21.5 Å². The van der Waals surface area contributed by atoms with Crippen LogP contribution in [0.5, 0.6) is 0 Å². The monoisotopic (exact) mass is 447 g/mol. The Morgan fingerprint density at radius 1 is 1.14 bits per heavy atom. The molecule has 8 heteroatoms. The molecule has 1 heterocycles. The van der Waals surface area contributed by atoms with Gasteiger partial charge in [0.15, 0.2) is 5.17 Å². The first-order valence-corrected chi connectivity index (χ1v) is 10.5. The lowest BCUT2D eigenvalue weighted by atomic mass is 10.2. The van der Waals surface area contributed by atoms with Crippen molar-refractivity contribution in [1.29, 1.82) is 0 Å². The third kappa shape index (κ3) is 5.01. The number of carbonyl (C=O) groups is 2. The molecule has 2 aromatic rings. The van der Waals surface area contributed by atoms with Gasteiger partial charge in [0.25, 0.3) is 5.91 Å². The Hall–Kier alpha value is -2.28. The smallest absolute Gasteiger partial charge is 0.283 e. The largest absolute Gasteiger partial charge is 0.348 e. The first-order valence-electron chi connectivity index (χ1n) is 8.76. The molecule has 3 rings (SSSR count). The minimum atomic E-state index is -0.264. The van der Waals surface area contributed by atoms with E-state index in [2.05, 4.69) is 4.99 Å². The second-order valence-electron chi connectivity index (χ2n) is 6.65. The molecule has 0 fully saturated rings. The Labute approximate surface area is 184 Å². The van der Waals surface area contributed by atoms with Crippen LogP contribution in [0, 0.1) is 6.92 Å². The molecule has 0 saturated heterocycles. The molecular formula is C21H19Cl2N3O2S. The van der Waals surface area contributed by atoms with Gasteiger partial charge in [-0.15, -0.1) is 0 Å². The highest BCUT2D eigenvalue weighted by molar-refractivity contribution is 8.14. The number of carbonyl (C=O) groups excluding carboxylic acids is 2. The first-order chi connectivity index (χ1) is 13.8. The molecular weight excluding hydrogens is 429 g/mol. The molecule has 0 saturated carbocycles. The molecule has 1 aliphatic rings. The fourth-order valence-electron chi connectivity index (χ4n) is 2.53. The van der Waals surface area contributed by atoms with Crippen LogP contribution in [-0.2, 0) is 9.59 Å². The van der Waals surface area contributed by atoms with Crippen molar-refractivity contribution < 1.29 is 9.59 Å². The lowest BCUT2D eigenvalue weighted by Gasteiger charge is -2.18. The highest BCUT2D eigenvalue weighted by atomic mass is 35.5. The van der Waals surface area contributed by atoms with E-state index in [0.29, 0.717) is 26.5 Å². The fourth-order valence-corrected chi connectivity index (χ4v) is 3.83. The molecule has 2 amide bonds. The van der Waals surface area contributed by atoms with Crippen molar-refractivity contribution in [2.24, 2.45) is 4.99 Å². The number of amides is 2. The van der Waals surface area contributed by atoms with Gasteiger partial charge in [0.2, 0.25) is 5.91 Å². The molecule has 0 N–H and O–H groups in total. The van der Waals surface area contributed by atoms with Gasteiger partial charge in [-0.25, -0.2) is 4.99 Å². The molecule has 5 nitrogen and oxygen atoms in total. The number of halogens is 2. The summed E-state index contributed by atoms with van der Waals surface area (Å²) in [6.07, 6.45) is 1.66. The lowest BCUT2D eigenvalue weighted by Crippen LogP contribution is -2.32. The van der Waals surface area contributed by atoms with Gasteiger partial charge in [0.1, 0.15) is 5.70 Å². The molecule has 150 valence electrons. The minimum absolute atomic E-state index is 0.0593. The molecule has 0 aromatic heterocycles. The number of anilines is 1. The summed E-state index contributed by atoms with van der Waals surface area (Å²) < 4.78 is 0. The van der Waals surface area contributed by atoms with E-state index in [9.17, 15) is 9.59 Å². The van der Waals surface area contributed by atoms with Crippen molar-refractivity contribution in [2.75, 3.05) is 24.7 Å². The molecule has 29 heavy (non-hydrogen) atoms. The Morgan fingerprint density at radius 2 is 1.83 bits per heavy atom. The number of hydrogen-bond donors (Lipinski definition) is 0. The van der Waals surface area contributed by atoms with Gasteiger partial charge in [-0.3, -0.25) is 14.5 Å². The maximum atomic E-state index is 13.1. The molecule has 0 unspecified atom stereocenters. The van der Waals surface area contributed by atoms with Crippen LogP contribution in [0.4, 0.5) is 5.69 Å². The summed E-state index contributed by atoms with van der Waals surface area (Å²) in [6, 6.07) is 12.7. The first kappa shape index (κ1) is 21.4. The van der Waals surface area contributed by atoms with E-state index >= 15 is 0 Å². The van der Waals surface area contributed by atoms with Gasteiger partial charge in [-0.2, -0.15) is 0 Å². The van der Waals surface area contributed by atoms with Crippen molar-refractivity contribution in [3.8, 4) is 0 Å². The van der Waals surface area contributed by atoms with Crippen LogP contribution >= 0.6 is 35.0 Å². The second-order valence-corrected chi connectivity index (χ2v) is 8.41. The number of thioether (sulfide) groups is 1. The van der Waals surface area contributed by atoms with Gasteiger partial charge < -0.3 is 4.90 Å². The summed E-state index contributed by atoms with van der Waals surface area (Å²) in [4.78, 5) is 32.7. The summed E-state index contributed by atoms with van der Waals surface area (Å²) in [5.41, 5.74) is 2.76. The summed E-state index contributed by atoms with van der Waals surface area (Å²) >= 11 is 13.3. The molecule has 1 aliphatic heterocycles. The number of aryl methyl sites for hydroxylation is 1. The topological polar surface area (TPSA) is 53.0 Å². The van der Waals surface area contributed by atoms with Crippen LogP contribution in [0.15, 0.2) is 53.2 Å². The van der Waals surface area contributed by atoms with Crippen LogP contribution in [0.25, 0.3) is 6.08 Å². The summed E-state index contributed by atoms with van der Waals surface area (Å²) in [5.74, 6) is -0.141. The zero-order valence-corrected chi connectivity index (χ0v) is 18.5. The highest BCUT2D eigenvalue weighted by Crippen LogP contribution is 2.31. The normalized spacial score (nSPS) is 15.1. The van der Waals surface area contributed by atoms with Crippen LogP contribution in [0.1, 0.15) is 11.1 Å². The SMILES string of the molecule is Cc1ccc(N2C(=O)/C(=C/c3ccc(Cl)c(Cl)c3)N=C2SCC(=O)N(C)C)cc1. The van der Waals surface area contributed by atoms with Gasteiger partial charge in [-0.1, -0.05) is 58.7 Å². The van der Waals surface area contributed by atoms with Crippen LogP contribution < -0.4 is 4.90 Å². The van der Waals surface area contributed by atoms with Crippen molar-refractivity contribution in [2.45, 2.75) is 6.92 Å². The molecule has 2 aromatic carbocycles. The number of benzene rings is 2. The molecule has 0 atom stereocenters. The summed E-state index contributed by atoms with van der Waals surface area (Å²) in [7, 11) is 3.38. The maximum Gasteiger partial charge on any atom is 0.283 e. The molecule has 0 bridgehead atoms. The molecule has 0 spiro atoms. The van der Waals surface area contributed by atoms with Gasteiger partial charge in [-0.05, 0) is 42.8 Å². The average Bonchev–Trinajstić information content (AvgIpc) is 2.98. The fraction of sp³-hybridized carbons (Fsp3) is 0.190. The van der Waals surface area contributed by atoms with E-state index in [1.807, 2.05) is 31.2 Å². The molecule has 0 radical (unpaired) electrons. The van der Waals surface area contributed by atoms with Crippen LogP contribution in [0.2, 0.25) is 10.0 Å². The lowest BCUT2D eigenvalue weighted by molar-refractivity contribution is -0.125. The van der Waals surface area contributed by atoms with Crippen LogP contribution in [-0.4, -0.2) is 41.7 Å². The minimum Gasteiger partial charge on any atom is -0.348 e. The van der Waals surface area contributed by atoms with E-state index in [0.717, 1.165) is 5.56 Å². The van der Waals surface area contributed by atoms with Crippen molar-refractivity contribution in [3.05, 3.63) is 69.3 Å². The number of nitrogens with zero attached hydrogens (tertiary/aromatic N) is 3. The van der Waals surface area contributed by atoms with E-state index in [1.165, 1.54) is 21.6 Å². The van der Waals surface area contributed by atoms with Crippen molar-refractivity contribution >= 4 is 63.7 Å². The highest BCUT2D eigenvalue weighted by Gasteiger charge is 2.32. The standard InChI is InChI=1S/C21H19Cl2N3O2S/c1-13-4-7-15(8-5-13)26-20(28)18(11-14-6-9-16(22)17(23)10-14)24-21(26)29-12-19(27)25(2)3/h4-11H,12H2,1-3H3/b18-11-. The third-order valence-corrected chi connectivity index (χ3v) is 5.85. The summed E-state index contributed by atoms with van der Waals surface area (Å²) in [6.45, 7) is 1.98. The molecule has 0 aliphatic carbocycles. The maximum absolute atomic E-state index is 13.1. The number of hydrogen-bond acceptors (Lipinski definition) is 4. The Balaban J connectivity index is 1.96. The zero-order valence-electron chi connectivity index (χ0n) is 16.1. The second kappa shape index (κ2) is 9.03. The van der Waals surface area contributed by atoms with E-state index in [-0.39, 0.29) is 23.3 Å². The predicted octanol–water partition coefficient (Wildman–Crippen LogP) is 4.87. The third-order valence-electron chi connectivity index (χ3n) is 4.19. The Kier molecular flexibility index (Phi) is 6.67. The number of rotatable bonds is 4. The zero-order chi connectivity index (χ0) is 21.1. The summed E-state index contributed by atoms with van der Waals surface area (Å²) in [5, 5.41) is 1.30. The van der Waals surface area contributed by atoms with Crippen LogP contribution in [0.3, 0.4) is 0 Å². The predicted molar refractivity (Wildman–Crippen MR) is 122 cm³/mol. The Bertz CT molecular complexity index is 1020. The van der Waals surface area contributed by atoms with Gasteiger partial charge in [0, 0.05) is 14.1 Å². The van der Waals surface area contributed by atoms with E-state index in [4.69, 9.17) is 23.2 Å².